The Hall–Kier alpha value is -2.94. The summed E-state index contributed by atoms with van der Waals surface area (Å²) in [6.45, 7) is 0.576. The Kier molecular flexibility index (Phi) is 3.42. The van der Waals surface area contributed by atoms with Crippen LogP contribution in [0.5, 0.6) is 5.75 Å². The van der Waals surface area contributed by atoms with Crippen molar-refractivity contribution < 1.29 is 13.2 Å². The molecule has 3 aromatic rings. The Bertz CT molecular complexity index is 986. The smallest absolute Gasteiger partial charge is 0.263 e. The third kappa shape index (κ3) is 2.69. The molecule has 122 valence electrons. The molecule has 0 bridgehead atoms. The van der Waals surface area contributed by atoms with Crippen molar-refractivity contribution in [3.63, 3.8) is 0 Å². The first-order chi connectivity index (χ1) is 11.6. The van der Waals surface area contributed by atoms with Crippen LogP contribution in [0.1, 0.15) is 5.56 Å². The molecule has 0 fully saturated rings. The topological polar surface area (TPSA) is 99.0 Å². The van der Waals surface area contributed by atoms with E-state index in [1.807, 2.05) is 0 Å². The van der Waals surface area contributed by atoms with E-state index >= 15 is 0 Å². The number of fused-ring (bicyclic) bond motifs is 1. The maximum Gasteiger partial charge on any atom is 0.263 e. The predicted molar refractivity (Wildman–Crippen MR) is 85.6 cm³/mol. The lowest BCUT2D eigenvalue weighted by atomic mass is 10.2. The van der Waals surface area contributed by atoms with Crippen molar-refractivity contribution >= 4 is 15.8 Å². The van der Waals surface area contributed by atoms with E-state index in [1.165, 1.54) is 18.5 Å². The van der Waals surface area contributed by atoms with Gasteiger partial charge in [-0.3, -0.25) is 9.29 Å². The van der Waals surface area contributed by atoms with Gasteiger partial charge in [-0.2, -0.15) is 0 Å². The van der Waals surface area contributed by atoms with E-state index in [1.54, 1.807) is 35.4 Å². The predicted octanol–water partition coefficient (Wildman–Crippen LogP) is 1.40. The summed E-state index contributed by atoms with van der Waals surface area (Å²) in [5.74, 6) is 1.44. The summed E-state index contributed by atoms with van der Waals surface area (Å²) in [5.41, 5.74) is 0.889. The van der Waals surface area contributed by atoms with Gasteiger partial charge in [0.05, 0.1) is 11.5 Å². The molecule has 0 unspecified atom stereocenters. The van der Waals surface area contributed by atoms with Gasteiger partial charge in [0.25, 0.3) is 10.0 Å². The highest BCUT2D eigenvalue weighted by Gasteiger charge is 2.20. The van der Waals surface area contributed by atoms with Crippen LogP contribution in [-0.2, 0) is 16.4 Å². The Morgan fingerprint density at radius 2 is 2.12 bits per heavy atom. The van der Waals surface area contributed by atoms with Gasteiger partial charge in [0, 0.05) is 24.9 Å². The molecule has 9 heteroatoms. The number of ether oxygens (including phenoxy) is 1. The molecule has 4 rings (SSSR count). The second kappa shape index (κ2) is 5.60. The fourth-order valence-electron chi connectivity index (χ4n) is 2.47. The molecule has 8 nitrogen and oxygen atoms in total. The van der Waals surface area contributed by atoms with Crippen LogP contribution in [0.25, 0.3) is 5.82 Å². The van der Waals surface area contributed by atoms with Crippen LogP contribution >= 0.6 is 0 Å². The maximum atomic E-state index is 12.6. The number of nitrogens with one attached hydrogen (secondary N) is 1. The lowest BCUT2D eigenvalue weighted by molar-refractivity contribution is 0.356. The molecule has 1 aliphatic rings. The third-order valence-electron chi connectivity index (χ3n) is 3.63. The maximum absolute atomic E-state index is 12.6. The highest BCUT2D eigenvalue weighted by Crippen LogP contribution is 2.28. The number of aromatic nitrogens is 4. The molecule has 0 saturated carbocycles. The highest BCUT2D eigenvalue weighted by molar-refractivity contribution is 7.92. The van der Waals surface area contributed by atoms with Gasteiger partial charge in [-0.25, -0.2) is 23.4 Å². The Balaban J connectivity index is 1.63. The van der Waals surface area contributed by atoms with Crippen molar-refractivity contribution in [3.05, 3.63) is 54.9 Å². The van der Waals surface area contributed by atoms with E-state index in [9.17, 15) is 8.42 Å². The van der Waals surface area contributed by atoms with E-state index in [-0.39, 0.29) is 10.7 Å². The minimum Gasteiger partial charge on any atom is -0.493 e. The molecule has 0 spiro atoms. The molecule has 0 amide bonds. The number of rotatable bonds is 4. The van der Waals surface area contributed by atoms with Gasteiger partial charge in [0.1, 0.15) is 30.0 Å². The van der Waals surface area contributed by atoms with Gasteiger partial charge in [0.2, 0.25) is 0 Å². The third-order valence-corrected chi connectivity index (χ3v) is 4.98. The first-order valence-electron chi connectivity index (χ1n) is 7.21. The summed E-state index contributed by atoms with van der Waals surface area (Å²) in [5, 5.41) is 0. The molecule has 0 atom stereocenters. The van der Waals surface area contributed by atoms with Crippen LogP contribution in [0.4, 0.5) is 5.82 Å². The number of hydrogen-bond acceptors (Lipinski definition) is 6. The van der Waals surface area contributed by atoms with E-state index in [0.29, 0.717) is 18.8 Å². The molecule has 1 aromatic carbocycles. The van der Waals surface area contributed by atoms with E-state index in [4.69, 9.17) is 4.74 Å². The quantitative estimate of drug-likeness (QED) is 0.769. The fourth-order valence-corrected chi connectivity index (χ4v) is 3.51. The normalized spacial score (nSPS) is 13.3. The number of nitrogens with zero attached hydrogens (tertiary/aromatic N) is 4. The van der Waals surface area contributed by atoms with E-state index < -0.39 is 10.0 Å². The van der Waals surface area contributed by atoms with Crippen molar-refractivity contribution in [1.29, 1.82) is 0 Å². The number of benzene rings is 1. The lowest BCUT2D eigenvalue weighted by Crippen LogP contribution is -2.14. The number of sulfonamides is 1. The molecule has 0 radical (unpaired) electrons. The highest BCUT2D eigenvalue weighted by atomic mass is 32.2. The van der Waals surface area contributed by atoms with Crippen LogP contribution in [0.15, 0.2) is 54.2 Å². The largest absolute Gasteiger partial charge is 0.493 e. The van der Waals surface area contributed by atoms with Crippen LogP contribution in [-0.4, -0.2) is 34.5 Å². The average molecular weight is 343 g/mol. The van der Waals surface area contributed by atoms with Gasteiger partial charge in [-0.15, -0.1) is 0 Å². The van der Waals surface area contributed by atoms with Crippen molar-refractivity contribution in [2.45, 2.75) is 11.3 Å². The lowest BCUT2D eigenvalue weighted by Gasteiger charge is -2.09. The van der Waals surface area contributed by atoms with Crippen LogP contribution in [0, 0.1) is 0 Å². The molecular formula is C15H13N5O3S. The second-order valence-corrected chi connectivity index (χ2v) is 6.89. The van der Waals surface area contributed by atoms with Crippen molar-refractivity contribution in [1.82, 2.24) is 19.5 Å². The Morgan fingerprint density at radius 1 is 1.21 bits per heavy atom. The molecule has 3 heterocycles. The van der Waals surface area contributed by atoms with Crippen LogP contribution in [0.3, 0.4) is 0 Å². The first kappa shape index (κ1) is 14.6. The molecule has 2 aromatic heterocycles. The molecule has 24 heavy (non-hydrogen) atoms. The van der Waals surface area contributed by atoms with Crippen LogP contribution in [0.2, 0.25) is 0 Å². The molecule has 1 aliphatic heterocycles. The number of hydrogen-bond donors (Lipinski definition) is 1. The SMILES string of the molecule is O=S(=O)(Nc1cc(-n2ccnc2)ncn1)c1ccc2c(c1)CCO2. The standard InChI is InChI=1S/C15H13N5O3S/c21-24(22,12-1-2-13-11(7-12)3-6-23-13)19-14-8-15(18-9-17-14)20-5-4-16-10-20/h1-2,4-5,7-10H,3,6H2,(H,17,18,19). The molecular weight excluding hydrogens is 330 g/mol. The van der Waals surface area contributed by atoms with Gasteiger partial charge in [0.15, 0.2) is 0 Å². The second-order valence-electron chi connectivity index (χ2n) is 5.20. The summed E-state index contributed by atoms with van der Waals surface area (Å²) < 4.78 is 34.7. The summed E-state index contributed by atoms with van der Waals surface area (Å²) in [4.78, 5) is 12.2. The summed E-state index contributed by atoms with van der Waals surface area (Å²) in [6, 6.07) is 6.36. The summed E-state index contributed by atoms with van der Waals surface area (Å²) in [6.07, 6.45) is 6.89. The van der Waals surface area contributed by atoms with E-state index in [2.05, 4.69) is 19.7 Å². The molecule has 0 saturated heterocycles. The number of imidazole rings is 1. The van der Waals surface area contributed by atoms with Gasteiger partial charge in [-0.05, 0) is 23.8 Å². The van der Waals surface area contributed by atoms with Gasteiger partial charge in [-0.1, -0.05) is 0 Å². The monoisotopic (exact) mass is 343 g/mol. The van der Waals surface area contributed by atoms with Gasteiger partial charge < -0.3 is 4.74 Å². The fraction of sp³-hybridized carbons (Fsp3) is 0.133. The zero-order valence-corrected chi connectivity index (χ0v) is 13.3. The van der Waals surface area contributed by atoms with Crippen molar-refractivity contribution in [2.75, 3.05) is 11.3 Å². The molecule has 1 N–H and O–H groups in total. The average Bonchev–Trinajstić information content (AvgIpc) is 3.25. The minimum atomic E-state index is -3.74. The first-order valence-corrected chi connectivity index (χ1v) is 8.69. The summed E-state index contributed by atoms with van der Waals surface area (Å²) in [7, 11) is -3.74. The van der Waals surface area contributed by atoms with E-state index in [0.717, 1.165) is 11.3 Å². The Labute approximate surface area is 138 Å². The molecule has 0 aliphatic carbocycles. The number of anilines is 1. The zero-order chi connectivity index (χ0) is 16.6. The Morgan fingerprint density at radius 3 is 2.96 bits per heavy atom. The summed E-state index contributed by atoms with van der Waals surface area (Å²) >= 11 is 0. The van der Waals surface area contributed by atoms with Gasteiger partial charge >= 0.3 is 0 Å². The van der Waals surface area contributed by atoms with Crippen molar-refractivity contribution in [2.24, 2.45) is 0 Å². The zero-order valence-electron chi connectivity index (χ0n) is 12.5. The van der Waals surface area contributed by atoms with Crippen molar-refractivity contribution in [3.8, 4) is 11.6 Å². The minimum absolute atomic E-state index is 0.176. The van der Waals surface area contributed by atoms with Crippen LogP contribution < -0.4 is 9.46 Å².